The molecule has 2 aromatic heterocycles. The summed E-state index contributed by atoms with van der Waals surface area (Å²) in [7, 11) is 0. The third kappa shape index (κ3) is 2.17. The van der Waals surface area contributed by atoms with Crippen LogP contribution in [0, 0.1) is 0 Å². The average Bonchev–Trinajstić information content (AvgIpc) is 2.87. The van der Waals surface area contributed by atoms with Crippen molar-refractivity contribution in [3.63, 3.8) is 0 Å². The third-order valence-electron chi connectivity index (χ3n) is 2.64. The summed E-state index contributed by atoms with van der Waals surface area (Å²) in [6, 6.07) is 7.83. The molecule has 0 bridgehead atoms. The van der Waals surface area contributed by atoms with E-state index in [4.69, 9.17) is 11.6 Å². The van der Waals surface area contributed by atoms with Crippen molar-refractivity contribution in [2.24, 2.45) is 0 Å². The van der Waals surface area contributed by atoms with Gasteiger partial charge in [0, 0.05) is 18.9 Å². The predicted octanol–water partition coefficient (Wildman–Crippen LogP) is 3.96. The van der Waals surface area contributed by atoms with E-state index in [1.807, 2.05) is 36.0 Å². The minimum Gasteiger partial charge on any atom is -0.378 e. The fourth-order valence-electron chi connectivity index (χ4n) is 1.77. The van der Waals surface area contributed by atoms with Gasteiger partial charge >= 0.3 is 0 Å². The van der Waals surface area contributed by atoms with Gasteiger partial charge in [0.25, 0.3) is 0 Å². The van der Waals surface area contributed by atoms with Crippen molar-refractivity contribution in [1.29, 1.82) is 0 Å². The summed E-state index contributed by atoms with van der Waals surface area (Å²) in [6.07, 6.45) is 3.60. The molecule has 0 spiro atoms. The van der Waals surface area contributed by atoms with Crippen LogP contribution in [-0.4, -0.2) is 9.97 Å². The Kier molecular flexibility index (Phi) is 3.13. The normalized spacial score (nSPS) is 10.7. The first-order valence-corrected chi connectivity index (χ1v) is 6.75. The molecule has 0 atom stereocenters. The number of fused-ring (bicyclic) bond motifs is 1. The monoisotopic (exact) mass is 275 g/mol. The second-order valence-corrected chi connectivity index (χ2v) is 5.13. The highest BCUT2D eigenvalue weighted by atomic mass is 35.5. The molecule has 2 heterocycles. The highest BCUT2D eigenvalue weighted by Gasteiger charge is 2.08. The van der Waals surface area contributed by atoms with Crippen molar-refractivity contribution >= 4 is 38.8 Å². The molecule has 0 radical (unpaired) electrons. The van der Waals surface area contributed by atoms with Crippen molar-refractivity contribution in [3.8, 4) is 0 Å². The van der Waals surface area contributed by atoms with Gasteiger partial charge < -0.3 is 5.32 Å². The van der Waals surface area contributed by atoms with Gasteiger partial charge in [0.15, 0.2) is 0 Å². The van der Waals surface area contributed by atoms with E-state index in [0.29, 0.717) is 11.6 Å². The summed E-state index contributed by atoms with van der Waals surface area (Å²) in [5, 5.41) is 4.02. The maximum Gasteiger partial charge on any atom is 0.106 e. The molecule has 0 amide bonds. The summed E-state index contributed by atoms with van der Waals surface area (Å²) >= 11 is 7.82. The average molecular weight is 276 g/mol. The van der Waals surface area contributed by atoms with Gasteiger partial charge in [0.2, 0.25) is 0 Å². The van der Waals surface area contributed by atoms with Crippen molar-refractivity contribution in [2.75, 3.05) is 5.32 Å². The van der Waals surface area contributed by atoms with E-state index in [0.717, 1.165) is 21.5 Å². The number of hydrogen-bond donors (Lipinski definition) is 1. The van der Waals surface area contributed by atoms with E-state index in [1.165, 1.54) is 0 Å². The van der Waals surface area contributed by atoms with Gasteiger partial charge in [-0.15, -0.1) is 11.3 Å². The molecule has 0 unspecified atom stereocenters. The van der Waals surface area contributed by atoms with Gasteiger partial charge in [0.1, 0.15) is 5.52 Å². The summed E-state index contributed by atoms with van der Waals surface area (Å²) < 4.78 is 1.13. The van der Waals surface area contributed by atoms with Gasteiger partial charge in [-0.2, -0.15) is 0 Å². The van der Waals surface area contributed by atoms with Crippen LogP contribution in [0.2, 0.25) is 5.02 Å². The number of pyridine rings is 1. The van der Waals surface area contributed by atoms with Gasteiger partial charge in [-0.3, -0.25) is 4.98 Å². The first-order valence-electron chi connectivity index (χ1n) is 5.49. The summed E-state index contributed by atoms with van der Waals surface area (Å²) in [5.41, 5.74) is 4.76. The fourth-order valence-corrected chi connectivity index (χ4v) is 2.67. The first-order chi connectivity index (χ1) is 8.84. The largest absolute Gasteiger partial charge is 0.378 e. The maximum absolute atomic E-state index is 6.21. The molecule has 3 nitrogen and oxygen atoms in total. The van der Waals surface area contributed by atoms with Crippen LogP contribution in [-0.2, 0) is 6.54 Å². The Hall–Kier alpha value is -1.65. The number of benzene rings is 1. The fraction of sp³-hybridized carbons (Fsp3) is 0.0769. The molecule has 1 N–H and O–H groups in total. The number of nitrogens with one attached hydrogen (secondary N) is 1. The zero-order valence-corrected chi connectivity index (χ0v) is 11.0. The number of rotatable bonds is 3. The van der Waals surface area contributed by atoms with Crippen LogP contribution in [0.25, 0.3) is 10.2 Å². The molecule has 1 aromatic carbocycles. The molecule has 3 aromatic rings. The molecule has 0 fully saturated rings. The van der Waals surface area contributed by atoms with Gasteiger partial charge in [0.05, 0.1) is 20.9 Å². The summed E-state index contributed by atoms with van der Waals surface area (Å²) in [5.74, 6) is 0. The highest BCUT2D eigenvalue weighted by Crippen LogP contribution is 2.32. The molecule has 18 heavy (non-hydrogen) atoms. The second kappa shape index (κ2) is 4.92. The molecule has 90 valence electrons. The van der Waals surface area contributed by atoms with Crippen LogP contribution in [0.4, 0.5) is 5.69 Å². The number of halogens is 1. The zero-order valence-electron chi connectivity index (χ0n) is 9.43. The maximum atomic E-state index is 6.21. The van der Waals surface area contributed by atoms with Crippen molar-refractivity contribution in [1.82, 2.24) is 9.97 Å². The SMILES string of the molecule is Clc1ccc2scnc2c1NCc1cccnc1. The second-order valence-electron chi connectivity index (χ2n) is 3.84. The number of thiazole rings is 1. The van der Waals surface area contributed by atoms with E-state index in [-0.39, 0.29) is 0 Å². The quantitative estimate of drug-likeness (QED) is 0.786. The van der Waals surface area contributed by atoms with Crippen LogP contribution < -0.4 is 5.32 Å². The molecule has 0 saturated heterocycles. The highest BCUT2D eigenvalue weighted by molar-refractivity contribution is 7.16. The van der Waals surface area contributed by atoms with Crippen molar-refractivity contribution < 1.29 is 0 Å². The van der Waals surface area contributed by atoms with Gasteiger partial charge in [-0.25, -0.2) is 4.98 Å². The molecule has 3 rings (SSSR count). The Labute approximate surface area is 113 Å². The Morgan fingerprint density at radius 3 is 3.06 bits per heavy atom. The Balaban J connectivity index is 1.90. The minimum absolute atomic E-state index is 0.685. The smallest absolute Gasteiger partial charge is 0.106 e. The van der Waals surface area contributed by atoms with Crippen LogP contribution in [0.5, 0.6) is 0 Å². The van der Waals surface area contributed by atoms with E-state index in [2.05, 4.69) is 15.3 Å². The lowest BCUT2D eigenvalue weighted by molar-refractivity contribution is 1.11. The summed E-state index contributed by atoms with van der Waals surface area (Å²) in [6.45, 7) is 0.685. The standard InChI is InChI=1S/C13H10ClN3S/c14-10-3-4-11-13(17-8-18-11)12(10)16-7-9-2-1-5-15-6-9/h1-6,8,16H,7H2. The van der Waals surface area contributed by atoms with Crippen molar-refractivity contribution in [3.05, 3.63) is 52.8 Å². The lowest BCUT2D eigenvalue weighted by Crippen LogP contribution is -2.00. The Bertz CT molecular complexity index is 666. The van der Waals surface area contributed by atoms with Gasteiger partial charge in [-0.1, -0.05) is 17.7 Å². The molecule has 0 saturated carbocycles. The molecule has 0 aliphatic carbocycles. The minimum atomic E-state index is 0.685. The van der Waals surface area contributed by atoms with Crippen LogP contribution in [0.3, 0.4) is 0 Å². The zero-order chi connectivity index (χ0) is 12.4. The molecular weight excluding hydrogens is 266 g/mol. The van der Waals surface area contributed by atoms with Gasteiger partial charge in [-0.05, 0) is 23.8 Å². The molecule has 5 heteroatoms. The summed E-state index contributed by atoms with van der Waals surface area (Å²) in [4.78, 5) is 8.43. The topological polar surface area (TPSA) is 37.8 Å². The molecule has 0 aliphatic rings. The van der Waals surface area contributed by atoms with Crippen molar-refractivity contribution in [2.45, 2.75) is 6.54 Å². The lowest BCUT2D eigenvalue weighted by atomic mass is 10.2. The number of anilines is 1. The third-order valence-corrected chi connectivity index (χ3v) is 3.75. The van der Waals surface area contributed by atoms with Crippen LogP contribution in [0.15, 0.2) is 42.2 Å². The molecular formula is C13H10ClN3S. The predicted molar refractivity (Wildman–Crippen MR) is 76.2 cm³/mol. The lowest BCUT2D eigenvalue weighted by Gasteiger charge is -2.08. The van der Waals surface area contributed by atoms with Crippen LogP contribution in [0.1, 0.15) is 5.56 Å². The van der Waals surface area contributed by atoms with E-state index < -0.39 is 0 Å². The van der Waals surface area contributed by atoms with E-state index in [1.54, 1.807) is 17.5 Å². The van der Waals surface area contributed by atoms with E-state index in [9.17, 15) is 0 Å². The molecule has 0 aliphatic heterocycles. The Morgan fingerprint density at radius 1 is 1.28 bits per heavy atom. The van der Waals surface area contributed by atoms with Crippen LogP contribution >= 0.6 is 22.9 Å². The number of aromatic nitrogens is 2. The number of nitrogens with zero attached hydrogens (tertiary/aromatic N) is 2. The Morgan fingerprint density at radius 2 is 2.22 bits per heavy atom. The first kappa shape index (κ1) is 11.4. The number of hydrogen-bond acceptors (Lipinski definition) is 4. The van der Waals surface area contributed by atoms with E-state index >= 15 is 0 Å².